The van der Waals surface area contributed by atoms with Crippen molar-refractivity contribution in [1.82, 2.24) is 0 Å². The number of nitro groups is 1. The number of ether oxygens (including phenoxy) is 2. The number of rotatable bonds is 6. The van der Waals surface area contributed by atoms with Gasteiger partial charge in [0.2, 0.25) is 0 Å². The lowest BCUT2D eigenvalue weighted by Gasteiger charge is -2.37. The Labute approximate surface area is 135 Å². The molecule has 24 heavy (non-hydrogen) atoms. The summed E-state index contributed by atoms with van der Waals surface area (Å²) in [5.74, 6) is -3.06. The number of hydrogen-bond donors (Lipinski definition) is 0. The second-order valence-electron chi connectivity index (χ2n) is 4.91. The Morgan fingerprint density at radius 1 is 1.33 bits per heavy atom. The maximum absolute atomic E-state index is 12.1. The molecule has 1 saturated carbocycles. The Morgan fingerprint density at radius 3 is 2.42 bits per heavy atom. The lowest BCUT2D eigenvalue weighted by molar-refractivity contribution is -0.545. The number of hydrogen-bond acceptors (Lipinski definition) is 8. The molecule has 0 amide bonds. The Hall–Kier alpha value is -3.04. The van der Waals surface area contributed by atoms with Gasteiger partial charge in [0.25, 0.3) is 6.04 Å². The van der Waals surface area contributed by atoms with Gasteiger partial charge in [-0.1, -0.05) is 10.2 Å². The topological polar surface area (TPSA) is 193 Å². The van der Waals surface area contributed by atoms with Crippen LogP contribution in [-0.4, -0.2) is 47.7 Å². The second-order valence-corrected chi connectivity index (χ2v) is 4.91. The van der Waals surface area contributed by atoms with E-state index in [-0.39, 0.29) is 13.0 Å². The minimum absolute atomic E-state index is 0.00996. The van der Waals surface area contributed by atoms with Gasteiger partial charge in [-0.05, 0) is 24.4 Å². The molecule has 5 atom stereocenters. The molecule has 1 fully saturated rings. The molecule has 0 spiro atoms. The molecule has 0 radical (unpaired) electrons. The van der Waals surface area contributed by atoms with Gasteiger partial charge in [-0.15, -0.1) is 0 Å². The van der Waals surface area contributed by atoms with Crippen LogP contribution < -0.4 is 0 Å². The summed E-state index contributed by atoms with van der Waals surface area (Å²) < 4.78 is 9.74. The minimum atomic E-state index is -1.69. The molecule has 13 nitrogen and oxygen atoms in total. The van der Waals surface area contributed by atoms with Crippen LogP contribution in [0.5, 0.6) is 0 Å². The van der Waals surface area contributed by atoms with E-state index >= 15 is 0 Å². The summed E-state index contributed by atoms with van der Waals surface area (Å²) in [6.45, 7) is 2.53. The third-order valence-corrected chi connectivity index (χ3v) is 3.49. The average Bonchev–Trinajstić information content (AvgIpc) is 2.49. The summed E-state index contributed by atoms with van der Waals surface area (Å²) in [5, 5.41) is 18.2. The zero-order chi connectivity index (χ0) is 18.3. The fourth-order valence-corrected chi connectivity index (χ4v) is 2.66. The van der Waals surface area contributed by atoms with Crippen molar-refractivity contribution in [2.45, 2.75) is 44.5 Å². The van der Waals surface area contributed by atoms with Crippen LogP contribution in [0.1, 0.15) is 20.3 Å². The van der Waals surface area contributed by atoms with Crippen LogP contribution in [-0.2, 0) is 19.1 Å². The maximum Gasteiger partial charge on any atom is 0.316 e. The first-order chi connectivity index (χ1) is 11.4. The summed E-state index contributed by atoms with van der Waals surface area (Å²) in [7, 11) is 0. The van der Waals surface area contributed by atoms with Crippen LogP contribution in [0.3, 0.4) is 0 Å². The van der Waals surface area contributed by atoms with E-state index in [9.17, 15) is 19.7 Å². The van der Waals surface area contributed by atoms with Gasteiger partial charge in [0.05, 0.1) is 18.7 Å². The summed E-state index contributed by atoms with van der Waals surface area (Å²) >= 11 is 0. The van der Waals surface area contributed by atoms with Crippen molar-refractivity contribution in [1.29, 1.82) is 0 Å². The molecule has 0 aromatic rings. The molecular formula is C11H15N7O6. The number of esters is 2. The second kappa shape index (κ2) is 8.56. The van der Waals surface area contributed by atoms with E-state index in [1.54, 1.807) is 0 Å². The van der Waals surface area contributed by atoms with Crippen molar-refractivity contribution in [3.63, 3.8) is 0 Å². The van der Waals surface area contributed by atoms with Crippen molar-refractivity contribution in [2.24, 2.45) is 16.1 Å². The summed E-state index contributed by atoms with van der Waals surface area (Å²) in [6.07, 6.45) is -1.83. The zero-order valence-electron chi connectivity index (χ0n) is 12.9. The molecule has 0 N–H and O–H groups in total. The number of carbonyl (C=O) groups excluding carboxylic acids is 2. The van der Waals surface area contributed by atoms with Gasteiger partial charge in [0.1, 0.15) is 5.92 Å². The highest BCUT2D eigenvalue weighted by atomic mass is 16.6. The van der Waals surface area contributed by atoms with E-state index in [1.807, 2.05) is 0 Å². The lowest BCUT2D eigenvalue weighted by atomic mass is 9.77. The quantitative estimate of drug-likeness (QED) is 0.175. The number of nitrogens with zero attached hydrogens (tertiary/aromatic N) is 7. The van der Waals surface area contributed by atoms with Gasteiger partial charge in [-0.3, -0.25) is 19.7 Å². The highest BCUT2D eigenvalue weighted by molar-refractivity contribution is 5.74. The van der Waals surface area contributed by atoms with E-state index < -0.39 is 47.0 Å². The van der Waals surface area contributed by atoms with E-state index in [1.165, 1.54) is 6.92 Å². The molecule has 130 valence electrons. The van der Waals surface area contributed by atoms with Crippen LogP contribution in [0, 0.1) is 16.0 Å². The molecule has 1 aliphatic rings. The largest absolute Gasteiger partial charge is 0.466 e. The Morgan fingerprint density at radius 2 is 1.96 bits per heavy atom. The molecule has 0 aliphatic heterocycles. The van der Waals surface area contributed by atoms with Gasteiger partial charge in [-0.2, -0.15) is 0 Å². The van der Waals surface area contributed by atoms with E-state index in [0.717, 1.165) is 6.92 Å². The predicted octanol–water partition coefficient (Wildman–Crippen LogP) is 1.50. The molecule has 0 heterocycles. The predicted molar refractivity (Wildman–Crippen MR) is 76.9 cm³/mol. The SMILES string of the molecule is CCOC(=O)[C@@H]1C[C@@H](N=[N+]=[N-])[C@H](N=[N+]=[N-])[C@@H](OC(C)=O)[C@H]1[N+](=O)[O-]. The van der Waals surface area contributed by atoms with Gasteiger partial charge in [0.15, 0.2) is 6.10 Å². The maximum atomic E-state index is 12.1. The molecule has 0 bridgehead atoms. The van der Waals surface area contributed by atoms with Gasteiger partial charge in [-0.25, -0.2) is 0 Å². The van der Waals surface area contributed by atoms with E-state index in [0.29, 0.717) is 0 Å². The first kappa shape index (κ1) is 19.0. The first-order valence-corrected chi connectivity index (χ1v) is 6.93. The van der Waals surface area contributed by atoms with Crippen LogP contribution in [0.25, 0.3) is 20.9 Å². The standard InChI is InChI=1S/C11H15N7O6/c1-3-23-11(20)6-4-7(14-16-12)8(15-17-13)10(24-5(2)19)9(6)18(21)22/h6-10H,3-4H2,1-2H3/t6-,7-,8+,9+,10-/m1/s1. The van der Waals surface area contributed by atoms with Gasteiger partial charge < -0.3 is 9.47 Å². The molecule has 1 rings (SSSR count). The van der Waals surface area contributed by atoms with Gasteiger partial charge in [0, 0.05) is 21.7 Å². The monoisotopic (exact) mass is 341 g/mol. The Kier molecular flexibility index (Phi) is 6.78. The van der Waals surface area contributed by atoms with Crippen molar-refractivity contribution >= 4 is 11.9 Å². The van der Waals surface area contributed by atoms with Crippen LogP contribution in [0.2, 0.25) is 0 Å². The third kappa shape index (κ3) is 4.24. The molecule has 0 aromatic carbocycles. The van der Waals surface area contributed by atoms with Crippen molar-refractivity contribution in [3.8, 4) is 0 Å². The van der Waals surface area contributed by atoms with Gasteiger partial charge >= 0.3 is 11.9 Å². The van der Waals surface area contributed by atoms with Crippen molar-refractivity contribution < 1.29 is 24.0 Å². The van der Waals surface area contributed by atoms with E-state index in [2.05, 4.69) is 20.1 Å². The van der Waals surface area contributed by atoms with E-state index in [4.69, 9.17) is 20.5 Å². The van der Waals surface area contributed by atoms with Crippen LogP contribution >= 0.6 is 0 Å². The molecule has 0 saturated heterocycles. The third-order valence-electron chi connectivity index (χ3n) is 3.49. The summed E-state index contributed by atoms with van der Waals surface area (Å²) in [5.41, 5.74) is 17.3. The highest BCUT2D eigenvalue weighted by Crippen LogP contribution is 2.34. The molecular weight excluding hydrogens is 326 g/mol. The fourth-order valence-electron chi connectivity index (χ4n) is 2.66. The highest BCUT2D eigenvalue weighted by Gasteiger charge is 2.56. The fraction of sp³-hybridized carbons (Fsp3) is 0.818. The zero-order valence-corrected chi connectivity index (χ0v) is 12.9. The van der Waals surface area contributed by atoms with Crippen molar-refractivity contribution in [3.05, 3.63) is 31.0 Å². The molecule has 0 unspecified atom stereocenters. The summed E-state index contributed by atoms with van der Waals surface area (Å²) in [4.78, 5) is 39.2. The Balaban J connectivity index is 3.40. The first-order valence-electron chi connectivity index (χ1n) is 6.93. The van der Waals surface area contributed by atoms with Crippen LogP contribution in [0.4, 0.5) is 0 Å². The lowest BCUT2D eigenvalue weighted by Crippen LogP contribution is -2.58. The molecule has 13 heteroatoms. The minimum Gasteiger partial charge on any atom is -0.466 e. The molecule has 1 aliphatic carbocycles. The van der Waals surface area contributed by atoms with Crippen LogP contribution in [0.15, 0.2) is 10.2 Å². The average molecular weight is 341 g/mol. The number of carbonyl (C=O) groups is 2. The smallest absolute Gasteiger partial charge is 0.316 e. The number of azide groups is 2. The summed E-state index contributed by atoms with van der Waals surface area (Å²) in [6, 6.07) is -4.09. The van der Waals surface area contributed by atoms with Crippen molar-refractivity contribution in [2.75, 3.05) is 6.61 Å². The molecule has 0 aromatic heterocycles. The normalized spacial score (nSPS) is 28.7. The Bertz CT molecular complexity index is 612.